The van der Waals surface area contributed by atoms with E-state index in [2.05, 4.69) is 10.3 Å². The van der Waals surface area contributed by atoms with Gasteiger partial charge in [0.1, 0.15) is 18.3 Å². The monoisotopic (exact) mass is 278 g/mol. The molecular formula is C14H18N2O4. The molecule has 0 bridgehead atoms. The molecule has 1 amide bonds. The fourth-order valence-corrected chi connectivity index (χ4v) is 2.62. The van der Waals surface area contributed by atoms with Gasteiger partial charge in [-0.2, -0.15) is 0 Å². The smallest absolute Gasteiger partial charge is 0.253 e. The molecule has 1 aromatic heterocycles. The molecule has 6 heteroatoms. The van der Waals surface area contributed by atoms with Gasteiger partial charge < -0.3 is 19.9 Å². The molecule has 0 aromatic carbocycles. The fourth-order valence-electron chi connectivity index (χ4n) is 2.62. The SMILES string of the molecule is Cc1cc(C(=O)N[C@@H]2CO[C@H]3[C@@H]2OC[C@H]3O)cnc1C. The number of nitrogens with one attached hydrogen (secondary N) is 1. The number of aliphatic hydroxyl groups is 1. The number of hydrogen-bond donors (Lipinski definition) is 2. The lowest BCUT2D eigenvalue weighted by molar-refractivity contribution is 0.0178. The molecule has 3 heterocycles. The van der Waals surface area contributed by atoms with E-state index in [0.29, 0.717) is 12.2 Å². The maximum atomic E-state index is 12.2. The van der Waals surface area contributed by atoms with E-state index < -0.39 is 6.10 Å². The van der Waals surface area contributed by atoms with Crippen LogP contribution in [0.3, 0.4) is 0 Å². The minimum Gasteiger partial charge on any atom is -0.388 e. The summed E-state index contributed by atoms with van der Waals surface area (Å²) in [6.45, 7) is 4.44. The Morgan fingerprint density at radius 1 is 1.35 bits per heavy atom. The van der Waals surface area contributed by atoms with Crippen LogP contribution >= 0.6 is 0 Å². The Morgan fingerprint density at radius 3 is 2.85 bits per heavy atom. The number of ether oxygens (including phenoxy) is 2. The van der Waals surface area contributed by atoms with Gasteiger partial charge in [0.05, 0.1) is 24.8 Å². The third-order valence-corrected chi connectivity index (χ3v) is 3.95. The number of carbonyl (C=O) groups is 1. The summed E-state index contributed by atoms with van der Waals surface area (Å²) in [5.41, 5.74) is 2.41. The second-order valence-electron chi connectivity index (χ2n) is 5.37. The van der Waals surface area contributed by atoms with Gasteiger partial charge in [-0.3, -0.25) is 9.78 Å². The second kappa shape index (κ2) is 5.12. The summed E-state index contributed by atoms with van der Waals surface area (Å²) < 4.78 is 11.0. The standard InChI is InChI=1S/C14H18N2O4/c1-7-3-9(4-15-8(7)2)14(18)16-10-5-19-13-11(17)6-20-12(10)13/h3-4,10-13,17H,5-6H2,1-2H3,(H,16,18)/t10-,11-,12-,13-/m1/s1. The Bertz CT molecular complexity index is 534. The maximum Gasteiger partial charge on any atom is 0.253 e. The molecule has 0 radical (unpaired) electrons. The van der Waals surface area contributed by atoms with Crippen LogP contribution in [-0.2, 0) is 9.47 Å². The van der Waals surface area contributed by atoms with Crippen LogP contribution in [0, 0.1) is 13.8 Å². The Hall–Kier alpha value is -1.50. The van der Waals surface area contributed by atoms with Crippen molar-refractivity contribution >= 4 is 5.91 Å². The van der Waals surface area contributed by atoms with Gasteiger partial charge in [0.25, 0.3) is 5.91 Å². The van der Waals surface area contributed by atoms with Gasteiger partial charge in [0.2, 0.25) is 0 Å². The molecule has 2 aliphatic heterocycles. The molecule has 4 atom stereocenters. The van der Waals surface area contributed by atoms with Crippen molar-refractivity contribution in [3.63, 3.8) is 0 Å². The van der Waals surface area contributed by atoms with E-state index in [9.17, 15) is 9.90 Å². The van der Waals surface area contributed by atoms with Gasteiger partial charge in [0, 0.05) is 11.9 Å². The van der Waals surface area contributed by atoms with E-state index in [1.165, 1.54) is 0 Å². The number of fused-ring (bicyclic) bond motifs is 1. The molecule has 2 saturated heterocycles. The highest BCUT2D eigenvalue weighted by molar-refractivity contribution is 5.94. The van der Waals surface area contributed by atoms with Crippen molar-refractivity contribution in [2.24, 2.45) is 0 Å². The van der Waals surface area contributed by atoms with E-state index in [1.807, 2.05) is 19.9 Å². The molecule has 0 saturated carbocycles. The zero-order chi connectivity index (χ0) is 14.3. The summed E-state index contributed by atoms with van der Waals surface area (Å²) in [5, 5.41) is 12.6. The summed E-state index contributed by atoms with van der Waals surface area (Å²) >= 11 is 0. The molecule has 2 aliphatic rings. The number of nitrogens with zero attached hydrogens (tertiary/aromatic N) is 1. The number of amides is 1. The molecule has 2 fully saturated rings. The highest BCUT2D eigenvalue weighted by Gasteiger charge is 2.47. The summed E-state index contributed by atoms with van der Waals surface area (Å²) in [7, 11) is 0. The topological polar surface area (TPSA) is 80.7 Å². The number of carbonyl (C=O) groups excluding carboxylic acids is 1. The lowest BCUT2D eigenvalue weighted by Gasteiger charge is -2.17. The predicted molar refractivity (Wildman–Crippen MR) is 70.5 cm³/mol. The number of hydrogen-bond acceptors (Lipinski definition) is 5. The van der Waals surface area contributed by atoms with E-state index in [0.717, 1.165) is 11.3 Å². The highest BCUT2D eigenvalue weighted by atomic mass is 16.6. The molecular weight excluding hydrogens is 260 g/mol. The Labute approximate surface area is 117 Å². The Morgan fingerprint density at radius 2 is 2.10 bits per heavy atom. The van der Waals surface area contributed by atoms with Gasteiger partial charge >= 0.3 is 0 Å². The first-order valence-corrected chi connectivity index (χ1v) is 6.71. The number of rotatable bonds is 2. The second-order valence-corrected chi connectivity index (χ2v) is 5.37. The van der Waals surface area contributed by atoms with Crippen molar-refractivity contribution in [3.05, 3.63) is 29.1 Å². The van der Waals surface area contributed by atoms with Crippen LogP contribution in [0.5, 0.6) is 0 Å². The van der Waals surface area contributed by atoms with Crippen molar-refractivity contribution in [1.29, 1.82) is 0 Å². The summed E-state index contributed by atoms with van der Waals surface area (Å²) in [4.78, 5) is 16.4. The van der Waals surface area contributed by atoms with Crippen LogP contribution in [0.4, 0.5) is 0 Å². The average molecular weight is 278 g/mol. The van der Waals surface area contributed by atoms with Crippen molar-refractivity contribution in [3.8, 4) is 0 Å². The zero-order valence-corrected chi connectivity index (χ0v) is 11.5. The number of aryl methyl sites for hydroxylation is 2. The molecule has 1 aromatic rings. The summed E-state index contributed by atoms with van der Waals surface area (Å²) in [6, 6.07) is 1.58. The lowest BCUT2D eigenvalue weighted by Crippen LogP contribution is -2.44. The summed E-state index contributed by atoms with van der Waals surface area (Å²) in [6.07, 6.45) is 0.354. The number of aromatic nitrogens is 1. The van der Waals surface area contributed by atoms with Crippen molar-refractivity contribution in [2.75, 3.05) is 13.2 Å². The molecule has 6 nitrogen and oxygen atoms in total. The molecule has 20 heavy (non-hydrogen) atoms. The van der Waals surface area contributed by atoms with Crippen LogP contribution in [0.15, 0.2) is 12.3 Å². The van der Waals surface area contributed by atoms with Crippen LogP contribution in [0.2, 0.25) is 0 Å². The molecule has 0 unspecified atom stereocenters. The quantitative estimate of drug-likeness (QED) is 0.793. The minimum atomic E-state index is -0.606. The van der Waals surface area contributed by atoms with Crippen LogP contribution in [0.25, 0.3) is 0 Å². The van der Waals surface area contributed by atoms with Gasteiger partial charge in [-0.1, -0.05) is 0 Å². The van der Waals surface area contributed by atoms with Gasteiger partial charge in [-0.25, -0.2) is 0 Å². The van der Waals surface area contributed by atoms with Crippen LogP contribution in [0.1, 0.15) is 21.6 Å². The molecule has 0 aliphatic carbocycles. The first kappa shape index (κ1) is 13.5. The lowest BCUT2D eigenvalue weighted by atomic mass is 10.1. The number of aliphatic hydroxyl groups excluding tert-OH is 1. The van der Waals surface area contributed by atoms with Crippen LogP contribution in [-0.4, -0.2) is 53.6 Å². The summed E-state index contributed by atoms with van der Waals surface area (Å²) in [5.74, 6) is -0.195. The molecule has 2 N–H and O–H groups in total. The van der Waals surface area contributed by atoms with Gasteiger partial charge in [-0.05, 0) is 25.5 Å². The first-order chi connectivity index (χ1) is 9.56. The molecule has 3 rings (SSSR count). The third kappa shape index (κ3) is 2.30. The van der Waals surface area contributed by atoms with E-state index in [-0.39, 0.29) is 30.8 Å². The van der Waals surface area contributed by atoms with E-state index in [1.54, 1.807) is 6.20 Å². The third-order valence-electron chi connectivity index (χ3n) is 3.95. The predicted octanol–water partition coefficient (Wildman–Crippen LogP) is -0.0447. The van der Waals surface area contributed by atoms with Crippen molar-refractivity contribution in [2.45, 2.75) is 38.2 Å². The van der Waals surface area contributed by atoms with Gasteiger partial charge in [0.15, 0.2) is 0 Å². The minimum absolute atomic E-state index is 0.195. The zero-order valence-electron chi connectivity index (χ0n) is 11.5. The Kier molecular flexibility index (Phi) is 3.45. The van der Waals surface area contributed by atoms with Crippen LogP contribution < -0.4 is 5.32 Å². The van der Waals surface area contributed by atoms with E-state index >= 15 is 0 Å². The normalized spacial score (nSPS) is 32.1. The largest absolute Gasteiger partial charge is 0.388 e. The maximum absolute atomic E-state index is 12.2. The Balaban J connectivity index is 1.69. The molecule has 108 valence electrons. The molecule has 0 spiro atoms. The van der Waals surface area contributed by atoms with E-state index in [4.69, 9.17) is 9.47 Å². The van der Waals surface area contributed by atoms with Crippen molar-refractivity contribution in [1.82, 2.24) is 10.3 Å². The first-order valence-electron chi connectivity index (χ1n) is 6.71. The number of pyridine rings is 1. The van der Waals surface area contributed by atoms with Gasteiger partial charge in [-0.15, -0.1) is 0 Å². The van der Waals surface area contributed by atoms with Crippen molar-refractivity contribution < 1.29 is 19.4 Å². The average Bonchev–Trinajstić information content (AvgIpc) is 2.97. The highest BCUT2D eigenvalue weighted by Crippen LogP contribution is 2.27. The fraction of sp³-hybridized carbons (Fsp3) is 0.571.